The standard InChI is InChI=1S/C30H31FN4O2/c31-26-4-2-1-3-24(26)28(36)33-27-8-7-21-5-6-22(19-25(21)27)29(37)35-18-13-30(20-35)11-16-34(17-12-30)23-9-14-32-15-10-23/h1-6,9-10,14-15,19,27H,7-8,11-13,16-18,20H2,(H,33,36)/t27-/m1/s1. The van der Waals surface area contributed by atoms with Crippen molar-refractivity contribution >= 4 is 17.5 Å². The number of likely N-dealkylation sites (tertiary alicyclic amines) is 1. The van der Waals surface area contributed by atoms with Crippen molar-refractivity contribution in [2.24, 2.45) is 5.41 Å². The van der Waals surface area contributed by atoms with E-state index in [0.717, 1.165) is 69.4 Å². The van der Waals surface area contributed by atoms with Gasteiger partial charge in [0.25, 0.3) is 11.8 Å². The molecule has 2 saturated heterocycles. The molecule has 3 aliphatic rings. The minimum atomic E-state index is -0.531. The third-order valence-corrected chi connectivity index (χ3v) is 8.47. The van der Waals surface area contributed by atoms with Gasteiger partial charge < -0.3 is 15.1 Å². The molecular formula is C30H31FN4O2. The van der Waals surface area contributed by atoms with Crippen molar-refractivity contribution in [3.63, 3.8) is 0 Å². The summed E-state index contributed by atoms with van der Waals surface area (Å²) in [7, 11) is 0. The van der Waals surface area contributed by atoms with Crippen molar-refractivity contribution in [1.82, 2.24) is 15.2 Å². The molecule has 1 spiro atoms. The number of hydrogen-bond acceptors (Lipinski definition) is 4. The van der Waals surface area contributed by atoms with E-state index in [2.05, 4.69) is 27.3 Å². The Hall–Kier alpha value is -3.74. The molecule has 2 amide bonds. The Kier molecular flexibility index (Phi) is 6.14. The van der Waals surface area contributed by atoms with E-state index in [1.165, 1.54) is 17.8 Å². The normalized spacial score (nSPS) is 20.2. The first kappa shape index (κ1) is 23.6. The highest BCUT2D eigenvalue weighted by Crippen LogP contribution is 2.42. The second-order valence-corrected chi connectivity index (χ2v) is 10.6. The fourth-order valence-electron chi connectivity index (χ4n) is 6.26. The summed E-state index contributed by atoms with van der Waals surface area (Å²) in [6, 6.07) is 15.8. The van der Waals surface area contributed by atoms with Gasteiger partial charge in [-0.15, -0.1) is 0 Å². The summed E-state index contributed by atoms with van der Waals surface area (Å²) in [4.78, 5) is 34.8. The van der Waals surface area contributed by atoms with Crippen LogP contribution < -0.4 is 10.2 Å². The fraction of sp³-hybridized carbons (Fsp3) is 0.367. The second kappa shape index (κ2) is 9.61. The zero-order valence-corrected chi connectivity index (χ0v) is 20.8. The molecule has 0 bridgehead atoms. The van der Waals surface area contributed by atoms with Crippen LogP contribution in [0.1, 0.15) is 63.6 Å². The molecule has 2 aromatic carbocycles. The number of anilines is 1. The summed E-state index contributed by atoms with van der Waals surface area (Å²) in [6.45, 7) is 3.56. The number of pyridine rings is 1. The Labute approximate surface area is 216 Å². The lowest BCUT2D eigenvalue weighted by Crippen LogP contribution is -2.42. The Morgan fingerprint density at radius 1 is 0.973 bits per heavy atom. The first-order chi connectivity index (χ1) is 18.0. The Balaban J connectivity index is 1.12. The van der Waals surface area contributed by atoms with Crippen LogP contribution in [0.5, 0.6) is 0 Å². The zero-order chi connectivity index (χ0) is 25.4. The summed E-state index contributed by atoms with van der Waals surface area (Å²) in [6.07, 6.45) is 8.43. The van der Waals surface area contributed by atoms with E-state index in [0.29, 0.717) is 5.56 Å². The molecule has 0 radical (unpaired) electrons. The summed E-state index contributed by atoms with van der Waals surface area (Å²) < 4.78 is 14.1. The quantitative estimate of drug-likeness (QED) is 0.563. The number of rotatable bonds is 4. The van der Waals surface area contributed by atoms with Gasteiger partial charge in [-0.25, -0.2) is 4.39 Å². The monoisotopic (exact) mass is 498 g/mol. The van der Waals surface area contributed by atoms with Gasteiger partial charge in [-0.1, -0.05) is 18.2 Å². The van der Waals surface area contributed by atoms with Gasteiger partial charge >= 0.3 is 0 Å². The highest BCUT2D eigenvalue weighted by Gasteiger charge is 2.42. The molecule has 2 fully saturated rings. The van der Waals surface area contributed by atoms with E-state index in [1.54, 1.807) is 12.1 Å². The van der Waals surface area contributed by atoms with Crippen LogP contribution in [-0.4, -0.2) is 47.9 Å². The first-order valence-electron chi connectivity index (χ1n) is 13.1. The molecule has 190 valence electrons. The van der Waals surface area contributed by atoms with Gasteiger partial charge in [0.1, 0.15) is 5.82 Å². The van der Waals surface area contributed by atoms with E-state index >= 15 is 0 Å². The smallest absolute Gasteiger partial charge is 0.254 e. The molecule has 2 aliphatic heterocycles. The van der Waals surface area contributed by atoms with Crippen LogP contribution in [0.3, 0.4) is 0 Å². The van der Waals surface area contributed by atoms with Gasteiger partial charge in [-0.05, 0) is 85.0 Å². The number of carbonyl (C=O) groups excluding carboxylic acids is 2. The van der Waals surface area contributed by atoms with Crippen LogP contribution in [0.15, 0.2) is 67.0 Å². The average molecular weight is 499 g/mol. The van der Waals surface area contributed by atoms with E-state index in [9.17, 15) is 14.0 Å². The van der Waals surface area contributed by atoms with Crippen molar-refractivity contribution in [3.8, 4) is 0 Å². The number of nitrogens with zero attached hydrogens (tertiary/aromatic N) is 3. The maximum atomic E-state index is 14.1. The highest BCUT2D eigenvalue weighted by molar-refractivity contribution is 5.96. The number of aromatic nitrogens is 1. The maximum absolute atomic E-state index is 14.1. The van der Waals surface area contributed by atoms with Crippen LogP contribution in [0.2, 0.25) is 0 Å². The van der Waals surface area contributed by atoms with Crippen molar-refractivity contribution < 1.29 is 14.0 Å². The Morgan fingerprint density at radius 3 is 2.51 bits per heavy atom. The Bertz CT molecular complexity index is 1320. The number of nitrogens with one attached hydrogen (secondary N) is 1. The van der Waals surface area contributed by atoms with Crippen LogP contribution in [-0.2, 0) is 6.42 Å². The highest BCUT2D eigenvalue weighted by atomic mass is 19.1. The molecule has 0 unspecified atom stereocenters. The number of halogens is 1. The molecule has 6 rings (SSSR count). The Morgan fingerprint density at radius 2 is 1.73 bits per heavy atom. The van der Waals surface area contributed by atoms with Gasteiger partial charge in [0.2, 0.25) is 0 Å². The molecule has 0 saturated carbocycles. The fourth-order valence-corrected chi connectivity index (χ4v) is 6.26. The molecule has 6 nitrogen and oxygen atoms in total. The SMILES string of the molecule is O=C(N[C@@H]1CCc2ccc(C(=O)N3CCC4(CCN(c5ccncc5)CC4)C3)cc21)c1ccccc1F. The molecule has 1 aromatic heterocycles. The van der Waals surface area contributed by atoms with E-state index < -0.39 is 11.7 Å². The molecule has 3 aromatic rings. The molecular weight excluding hydrogens is 467 g/mol. The largest absolute Gasteiger partial charge is 0.371 e. The van der Waals surface area contributed by atoms with Crippen molar-refractivity contribution in [2.45, 2.75) is 38.1 Å². The van der Waals surface area contributed by atoms with Crippen LogP contribution in [0.25, 0.3) is 0 Å². The molecule has 1 N–H and O–H groups in total. The second-order valence-electron chi connectivity index (χ2n) is 10.6. The molecule has 3 heterocycles. The first-order valence-corrected chi connectivity index (χ1v) is 13.1. The number of fused-ring (bicyclic) bond motifs is 1. The summed E-state index contributed by atoms with van der Waals surface area (Å²) >= 11 is 0. The van der Waals surface area contributed by atoms with Gasteiger partial charge in [0.05, 0.1) is 11.6 Å². The predicted octanol–water partition coefficient (Wildman–Crippen LogP) is 4.77. The summed E-state index contributed by atoms with van der Waals surface area (Å²) in [5, 5.41) is 2.98. The lowest BCUT2D eigenvalue weighted by atomic mass is 9.77. The number of piperidine rings is 1. The number of amides is 2. The molecule has 1 atom stereocenters. The number of benzene rings is 2. The number of carbonyl (C=O) groups is 2. The lowest BCUT2D eigenvalue weighted by Gasteiger charge is -2.40. The lowest BCUT2D eigenvalue weighted by molar-refractivity contribution is 0.0764. The molecule has 1 aliphatic carbocycles. The summed E-state index contributed by atoms with van der Waals surface area (Å²) in [5.74, 6) is -0.897. The zero-order valence-electron chi connectivity index (χ0n) is 20.8. The number of aryl methyl sites for hydroxylation is 1. The number of hydrogen-bond donors (Lipinski definition) is 1. The average Bonchev–Trinajstić information content (AvgIpc) is 3.53. The third kappa shape index (κ3) is 4.59. The van der Waals surface area contributed by atoms with Crippen LogP contribution >= 0.6 is 0 Å². The van der Waals surface area contributed by atoms with Gasteiger partial charge in [0, 0.05) is 49.8 Å². The van der Waals surface area contributed by atoms with Gasteiger partial charge in [0.15, 0.2) is 0 Å². The van der Waals surface area contributed by atoms with Gasteiger partial charge in [-0.3, -0.25) is 14.6 Å². The van der Waals surface area contributed by atoms with Crippen molar-refractivity contribution in [2.75, 3.05) is 31.1 Å². The van der Waals surface area contributed by atoms with E-state index in [4.69, 9.17) is 0 Å². The predicted molar refractivity (Wildman–Crippen MR) is 140 cm³/mol. The minimum Gasteiger partial charge on any atom is -0.371 e. The molecule has 37 heavy (non-hydrogen) atoms. The van der Waals surface area contributed by atoms with Crippen molar-refractivity contribution in [1.29, 1.82) is 0 Å². The maximum Gasteiger partial charge on any atom is 0.254 e. The van der Waals surface area contributed by atoms with E-state index in [1.807, 2.05) is 35.5 Å². The third-order valence-electron chi connectivity index (χ3n) is 8.47. The molecule has 7 heteroatoms. The van der Waals surface area contributed by atoms with Crippen LogP contribution in [0, 0.1) is 11.2 Å². The van der Waals surface area contributed by atoms with E-state index in [-0.39, 0.29) is 22.9 Å². The van der Waals surface area contributed by atoms with Gasteiger partial charge in [-0.2, -0.15) is 0 Å². The minimum absolute atomic E-state index is 0.0422. The van der Waals surface area contributed by atoms with Crippen molar-refractivity contribution in [3.05, 3.63) is 95.1 Å². The van der Waals surface area contributed by atoms with Crippen LogP contribution in [0.4, 0.5) is 10.1 Å². The topological polar surface area (TPSA) is 65.5 Å². The summed E-state index contributed by atoms with van der Waals surface area (Å²) in [5.41, 5.74) is 4.21.